The molecule has 1 aliphatic heterocycles. The molecular formula is C12H19FO3S. The van der Waals surface area contributed by atoms with Crippen molar-refractivity contribution in [2.24, 2.45) is 0 Å². The second-order valence-electron chi connectivity index (χ2n) is 3.64. The van der Waals surface area contributed by atoms with Crippen molar-refractivity contribution in [3.05, 3.63) is 25.3 Å². The minimum atomic E-state index is -1.14. The van der Waals surface area contributed by atoms with Crippen LogP contribution in [-0.2, 0) is 14.2 Å². The largest absolute Gasteiger partial charge is 0.376 e. The van der Waals surface area contributed by atoms with E-state index in [1.165, 1.54) is 18.9 Å². The molecule has 0 aliphatic carbocycles. The molecule has 98 valence electrons. The molecule has 0 aromatic carbocycles. The Kier molecular flexibility index (Phi) is 6.80. The maximum atomic E-state index is 14.0. The van der Waals surface area contributed by atoms with Crippen LogP contribution in [0.25, 0.3) is 0 Å². The molecule has 1 fully saturated rings. The van der Waals surface area contributed by atoms with Crippen LogP contribution in [0.5, 0.6) is 0 Å². The van der Waals surface area contributed by atoms with Crippen molar-refractivity contribution in [2.45, 2.75) is 23.0 Å². The fraction of sp³-hybridized carbons (Fsp3) is 0.667. The number of hydrogen-bond acceptors (Lipinski definition) is 4. The lowest BCUT2D eigenvalue weighted by Gasteiger charge is -2.19. The Morgan fingerprint density at radius 3 is 2.59 bits per heavy atom. The van der Waals surface area contributed by atoms with Gasteiger partial charge in [0.1, 0.15) is 11.5 Å². The van der Waals surface area contributed by atoms with E-state index in [2.05, 4.69) is 13.2 Å². The summed E-state index contributed by atoms with van der Waals surface area (Å²) in [4.78, 5) is 0. The molecule has 0 aromatic heterocycles. The molecule has 0 saturated carbocycles. The highest BCUT2D eigenvalue weighted by molar-refractivity contribution is 8.00. The van der Waals surface area contributed by atoms with Gasteiger partial charge in [0.2, 0.25) is 0 Å². The van der Waals surface area contributed by atoms with E-state index in [0.717, 1.165) is 0 Å². The number of methoxy groups -OCH3 is 1. The minimum Gasteiger partial charge on any atom is -0.376 e. The van der Waals surface area contributed by atoms with Gasteiger partial charge >= 0.3 is 0 Å². The van der Waals surface area contributed by atoms with Crippen molar-refractivity contribution in [1.82, 2.24) is 0 Å². The molecule has 1 aliphatic rings. The Bertz CT molecular complexity index is 250. The van der Waals surface area contributed by atoms with Crippen molar-refractivity contribution < 1.29 is 18.6 Å². The van der Waals surface area contributed by atoms with Crippen LogP contribution in [0.3, 0.4) is 0 Å². The monoisotopic (exact) mass is 262 g/mol. The zero-order valence-electron chi connectivity index (χ0n) is 10.0. The van der Waals surface area contributed by atoms with Crippen LogP contribution < -0.4 is 0 Å². The average molecular weight is 262 g/mol. The molecule has 1 unspecified atom stereocenters. The lowest BCUT2D eigenvalue weighted by atomic mass is 10.1. The minimum absolute atomic E-state index is 0.0603. The maximum absolute atomic E-state index is 14.0. The van der Waals surface area contributed by atoms with Gasteiger partial charge < -0.3 is 14.2 Å². The Balaban J connectivity index is 2.51. The number of alkyl halides is 1. The molecule has 3 nitrogen and oxygen atoms in total. The summed E-state index contributed by atoms with van der Waals surface area (Å²) < 4.78 is 29.8. The molecule has 17 heavy (non-hydrogen) atoms. The van der Waals surface area contributed by atoms with Crippen LogP contribution in [0.15, 0.2) is 25.3 Å². The number of rotatable bonds is 8. The van der Waals surface area contributed by atoms with Gasteiger partial charge in [-0.15, -0.1) is 24.9 Å². The predicted octanol–water partition coefficient (Wildman–Crippen LogP) is 2.19. The molecule has 0 aromatic rings. The van der Waals surface area contributed by atoms with Gasteiger partial charge in [-0.05, 0) is 0 Å². The average Bonchev–Trinajstić information content (AvgIpc) is 2.64. The zero-order valence-corrected chi connectivity index (χ0v) is 10.8. The maximum Gasteiger partial charge on any atom is 0.163 e. The van der Waals surface area contributed by atoms with Crippen molar-refractivity contribution in [1.29, 1.82) is 0 Å². The molecule has 5 heteroatoms. The van der Waals surface area contributed by atoms with Gasteiger partial charge in [-0.3, -0.25) is 0 Å². The first-order chi connectivity index (χ1) is 8.24. The van der Waals surface area contributed by atoms with E-state index in [1.807, 2.05) is 0 Å². The van der Waals surface area contributed by atoms with E-state index in [0.29, 0.717) is 19.8 Å². The van der Waals surface area contributed by atoms with Crippen LogP contribution >= 0.6 is 11.8 Å². The topological polar surface area (TPSA) is 27.7 Å². The first kappa shape index (κ1) is 14.7. The van der Waals surface area contributed by atoms with Crippen molar-refractivity contribution in [2.75, 3.05) is 26.9 Å². The van der Waals surface area contributed by atoms with Crippen LogP contribution in [0.4, 0.5) is 4.39 Å². The normalized spacial score (nSPS) is 32.6. The van der Waals surface area contributed by atoms with Crippen molar-refractivity contribution in [3.63, 3.8) is 0 Å². The summed E-state index contributed by atoms with van der Waals surface area (Å²) in [6, 6.07) is 0. The highest BCUT2D eigenvalue weighted by atomic mass is 32.2. The Morgan fingerprint density at radius 1 is 1.29 bits per heavy atom. The standard InChI is InChI=1S/C12H19FO3S/c1-4-6-15-8-9-11(16-7-5-2)10(13)12(14-3)17-9/h4-5,9-12H,1-2,6-8H2,3H3/t9-,10-,11-,12?/m1/s1. The van der Waals surface area contributed by atoms with E-state index < -0.39 is 17.7 Å². The third kappa shape index (κ3) is 4.10. The van der Waals surface area contributed by atoms with E-state index in [1.54, 1.807) is 12.2 Å². The second kappa shape index (κ2) is 7.87. The highest BCUT2D eigenvalue weighted by Crippen LogP contribution is 2.38. The van der Waals surface area contributed by atoms with Gasteiger partial charge in [0.05, 0.1) is 25.1 Å². The number of hydrogen-bond donors (Lipinski definition) is 0. The summed E-state index contributed by atoms with van der Waals surface area (Å²) in [6.07, 6.45) is 1.63. The summed E-state index contributed by atoms with van der Waals surface area (Å²) in [5.74, 6) is 0. The van der Waals surface area contributed by atoms with Gasteiger partial charge in [0.25, 0.3) is 0 Å². The Labute approximate surface area is 106 Å². The molecule has 1 rings (SSSR count). The van der Waals surface area contributed by atoms with Gasteiger partial charge in [0, 0.05) is 7.11 Å². The highest BCUT2D eigenvalue weighted by Gasteiger charge is 2.45. The summed E-state index contributed by atoms with van der Waals surface area (Å²) in [6.45, 7) is 8.34. The molecule has 1 saturated heterocycles. The molecule has 4 atom stereocenters. The summed E-state index contributed by atoms with van der Waals surface area (Å²) in [5.41, 5.74) is -0.484. The molecule has 0 N–H and O–H groups in total. The fourth-order valence-corrected chi connectivity index (χ4v) is 2.97. The number of halogens is 1. The summed E-state index contributed by atoms with van der Waals surface area (Å²) >= 11 is 1.41. The third-order valence-corrected chi connectivity index (χ3v) is 3.88. The van der Waals surface area contributed by atoms with Gasteiger partial charge in [0.15, 0.2) is 6.17 Å². The van der Waals surface area contributed by atoms with Gasteiger partial charge in [-0.2, -0.15) is 0 Å². The fourth-order valence-electron chi connectivity index (χ4n) is 1.65. The zero-order chi connectivity index (χ0) is 12.7. The van der Waals surface area contributed by atoms with Crippen LogP contribution in [0.2, 0.25) is 0 Å². The lowest BCUT2D eigenvalue weighted by molar-refractivity contribution is -0.0254. The van der Waals surface area contributed by atoms with Crippen LogP contribution in [0.1, 0.15) is 0 Å². The van der Waals surface area contributed by atoms with Gasteiger partial charge in [-0.1, -0.05) is 12.2 Å². The van der Waals surface area contributed by atoms with Crippen LogP contribution in [0, 0.1) is 0 Å². The van der Waals surface area contributed by atoms with E-state index in [4.69, 9.17) is 14.2 Å². The lowest BCUT2D eigenvalue weighted by Crippen LogP contribution is -2.34. The van der Waals surface area contributed by atoms with Gasteiger partial charge in [-0.25, -0.2) is 4.39 Å². The van der Waals surface area contributed by atoms with Crippen molar-refractivity contribution in [3.8, 4) is 0 Å². The van der Waals surface area contributed by atoms with E-state index in [-0.39, 0.29) is 5.25 Å². The van der Waals surface area contributed by atoms with E-state index >= 15 is 0 Å². The van der Waals surface area contributed by atoms with Crippen LogP contribution in [-0.4, -0.2) is 49.9 Å². The van der Waals surface area contributed by atoms with Crippen molar-refractivity contribution >= 4 is 11.8 Å². The number of ether oxygens (including phenoxy) is 3. The predicted molar refractivity (Wildman–Crippen MR) is 68.0 cm³/mol. The second-order valence-corrected chi connectivity index (χ2v) is 4.98. The third-order valence-electron chi connectivity index (χ3n) is 2.41. The van der Waals surface area contributed by atoms with E-state index in [9.17, 15) is 4.39 Å². The first-order valence-corrected chi connectivity index (χ1v) is 6.42. The molecule has 1 heterocycles. The molecular weight excluding hydrogens is 243 g/mol. The SMILES string of the molecule is C=CCOC[C@H]1SC(OC)[C@H](F)[C@@H]1OCC=C. The molecule has 0 radical (unpaired) electrons. The first-order valence-electron chi connectivity index (χ1n) is 5.48. The molecule has 0 spiro atoms. The summed E-state index contributed by atoms with van der Waals surface area (Å²) in [7, 11) is 1.50. The molecule has 0 amide bonds. The Morgan fingerprint density at radius 2 is 2.00 bits per heavy atom. The smallest absolute Gasteiger partial charge is 0.163 e. The molecule has 0 bridgehead atoms. The Hall–Kier alpha value is -0.360. The summed E-state index contributed by atoms with van der Waals surface area (Å²) in [5, 5.41) is -0.0603. The quantitative estimate of drug-likeness (QED) is 0.495. The number of thioether (sulfide) groups is 1.